The van der Waals surface area contributed by atoms with Crippen molar-refractivity contribution in [1.82, 2.24) is 8.87 Å². The third-order valence-corrected chi connectivity index (χ3v) is 5.27. The molecule has 0 unspecified atom stereocenters. The van der Waals surface area contributed by atoms with E-state index in [-0.39, 0.29) is 11.5 Å². The molecule has 0 atom stereocenters. The molecule has 0 fully saturated rings. The first kappa shape index (κ1) is 17.2. The summed E-state index contributed by atoms with van der Waals surface area (Å²) < 4.78 is 28.5. The fraction of sp³-hybridized carbons (Fsp3) is 0.714. The van der Waals surface area contributed by atoms with Gasteiger partial charge in [0.25, 0.3) is 0 Å². The van der Waals surface area contributed by atoms with Crippen LogP contribution in [0.5, 0.6) is 0 Å². The maximum Gasteiger partial charge on any atom is 0.244 e. The third kappa shape index (κ3) is 4.07. The summed E-state index contributed by atoms with van der Waals surface area (Å²) in [5.74, 6) is 0. The van der Waals surface area contributed by atoms with Gasteiger partial charge in [-0.1, -0.05) is 26.7 Å². The molecule has 1 heterocycles. The van der Waals surface area contributed by atoms with E-state index in [2.05, 4.69) is 13.8 Å². The summed E-state index contributed by atoms with van der Waals surface area (Å²) in [4.78, 5) is 0.274. The number of hydrogen-bond acceptors (Lipinski definition) is 3. The van der Waals surface area contributed by atoms with Gasteiger partial charge >= 0.3 is 0 Å². The highest BCUT2D eigenvalue weighted by molar-refractivity contribution is 7.89. The van der Waals surface area contributed by atoms with E-state index in [1.165, 1.54) is 0 Å². The summed E-state index contributed by atoms with van der Waals surface area (Å²) in [6.07, 6.45) is 5.24. The number of aliphatic hydroxyl groups is 1. The van der Waals surface area contributed by atoms with Crippen LogP contribution in [0.25, 0.3) is 0 Å². The molecule has 1 rings (SSSR count). The Bertz CT molecular complexity index is 500. The van der Waals surface area contributed by atoms with Gasteiger partial charge in [-0.25, -0.2) is 8.42 Å². The van der Waals surface area contributed by atoms with Crippen molar-refractivity contribution >= 4 is 10.0 Å². The maximum atomic E-state index is 12.7. The molecule has 1 aromatic rings. The van der Waals surface area contributed by atoms with Crippen LogP contribution in [0.15, 0.2) is 17.2 Å². The molecule has 0 saturated carbocycles. The Morgan fingerprint density at radius 1 is 1.20 bits per heavy atom. The Labute approximate surface area is 122 Å². The number of nitrogens with zero attached hydrogens (tertiary/aromatic N) is 2. The minimum absolute atomic E-state index is 0.157. The monoisotopic (exact) mass is 302 g/mol. The SMILES string of the molecule is CCCCN(CCCC)S(=O)(=O)c1cc(CO)n(C)c1. The highest BCUT2D eigenvalue weighted by Crippen LogP contribution is 2.19. The quantitative estimate of drug-likeness (QED) is 0.760. The number of aryl methyl sites for hydroxylation is 1. The van der Waals surface area contributed by atoms with Gasteiger partial charge in [-0.2, -0.15) is 4.31 Å². The molecular formula is C14H26N2O3S. The molecule has 1 N–H and O–H groups in total. The highest BCUT2D eigenvalue weighted by atomic mass is 32.2. The van der Waals surface area contributed by atoms with Crippen LogP contribution in [-0.2, 0) is 23.7 Å². The van der Waals surface area contributed by atoms with Crippen molar-refractivity contribution in [3.8, 4) is 0 Å². The molecule has 20 heavy (non-hydrogen) atoms. The molecule has 0 radical (unpaired) electrons. The zero-order chi connectivity index (χ0) is 15.2. The molecule has 0 amide bonds. The van der Waals surface area contributed by atoms with E-state index >= 15 is 0 Å². The maximum absolute atomic E-state index is 12.7. The summed E-state index contributed by atoms with van der Waals surface area (Å²) >= 11 is 0. The van der Waals surface area contributed by atoms with Gasteiger partial charge in [-0.3, -0.25) is 0 Å². The minimum atomic E-state index is -3.46. The first-order valence-electron chi connectivity index (χ1n) is 7.23. The van der Waals surface area contributed by atoms with Crippen LogP contribution < -0.4 is 0 Å². The lowest BCUT2D eigenvalue weighted by atomic mass is 10.3. The second-order valence-corrected chi connectivity index (χ2v) is 6.99. The van der Waals surface area contributed by atoms with Crippen molar-refractivity contribution in [3.63, 3.8) is 0 Å². The van der Waals surface area contributed by atoms with Gasteiger partial charge in [0, 0.05) is 32.0 Å². The predicted octanol–water partition coefficient (Wildman–Crippen LogP) is 2.11. The standard InChI is InChI=1S/C14H26N2O3S/c1-4-6-8-16(9-7-5-2)20(18,19)14-10-13(12-17)15(3)11-14/h10-11,17H,4-9,12H2,1-3H3. The largest absolute Gasteiger partial charge is 0.390 e. The molecule has 1 aromatic heterocycles. The number of hydrogen-bond donors (Lipinski definition) is 1. The minimum Gasteiger partial charge on any atom is -0.390 e. The lowest BCUT2D eigenvalue weighted by molar-refractivity contribution is 0.272. The van der Waals surface area contributed by atoms with E-state index in [0.717, 1.165) is 25.7 Å². The molecule has 116 valence electrons. The molecular weight excluding hydrogens is 276 g/mol. The number of aromatic nitrogens is 1. The summed E-state index contributed by atoms with van der Waals surface area (Å²) in [6.45, 7) is 5.06. The Hall–Kier alpha value is -0.850. The van der Waals surface area contributed by atoms with Crippen LogP contribution in [0.3, 0.4) is 0 Å². The first-order chi connectivity index (χ1) is 9.47. The summed E-state index contributed by atoms with van der Waals surface area (Å²) in [6, 6.07) is 1.56. The van der Waals surface area contributed by atoms with E-state index in [4.69, 9.17) is 0 Å². The van der Waals surface area contributed by atoms with Gasteiger partial charge in [0.05, 0.1) is 6.61 Å². The van der Waals surface area contributed by atoms with Gasteiger partial charge in [0.2, 0.25) is 10.0 Å². The van der Waals surface area contributed by atoms with Crippen LogP contribution in [0, 0.1) is 0 Å². The fourth-order valence-electron chi connectivity index (χ4n) is 2.05. The molecule has 0 aliphatic rings. The summed E-state index contributed by atoms with van der Waals surface area (Å²) in [5.41, 5.74) is 0.606. The number of aliphatic hydroxyl groups excluding tert-OH is 1. The molecule has 0 aliphatic carbocycles. The van der Waals surface area contributed by atoms with Crippen LogP contribution in [0.1, 0.15) is 45.2 Å². The smallest absolute Gasteiger partial charge is 0.244 e. The van der Waals surface area contributed by atoms with Crippen molar-refractivity contribution in [2.75, 3.05) is 13.1 Å². The van der Waals surface area contributed by atoms with Gasteiger partial charge in [-0.15, -0.1) is 0 Å². The molecule has 0 aliphatic heterocycles. The van der Waals surface area contributed by atoms with Crippen molar-refractivity contribution in [1.29, 1.82) is 0 Å². The molecule has 5 nitrogen and oxygen atoms in total. The summed E-state index contributed by atoms with van der Waals surface area (Å²) in [5, 5.41) is 9.19. The fourth-order valence-corrected chi connectivity index (χ4v) is 3.66. The molecule has 0 aromatic carbocycles. The lowest BCUT2D eigenvalue weighted by Crippen LogP contribution is -2.32. The topological polar surface area (TPSA) is 62.5 Å². The second-order valence-electron chi connectivity index (χ2n) is 5.05. The van der Waals surface area contributed by atoms with Gasteiger partial charge in [-0.05, 0) is 18.9 Å². The van der Waals surface area contributed by atoms with Crippen LogP contribution in [0.4, 0.5) is 0 Å². The Kier molecular flexibility index (Phi) is 6.71. The average Bonchev–Trinajstić information content (AvgIpc) is 2.80. The predicted molar refractivity (Wildman–Crippen MR) is 79.9 cm³/mol. The third-order valence-electron chi connectivity index (χ3n) is 3.40. The Morgan fingerprint density at radius 3 is 2.15 bits per heavy atom. The van der Waals surface area contributed by atoms with Crippen LogP contribution in [-0.4, -0.2) is 35.5 Å². The number of unbranched alkanes of at least 4 members (excludes halogenated alkanes) is 2. The van der Waals surface area contributed by atoms with Crippen molar-refractivity contribution in [3.05, 3.63) is 18.0 Å². The van der Waals surface area contributed by atoms with E-state index in [9.17, 15) is 13.5 Å². The lowest BCUT2D eigenvalue weighted by Gasteiger charge is -2.21. The van der Waals surface area contributed by atoms with Crippen LogP contribution >= 0.6 is 0 Å². The zero-order valence-corrected chi connectivity index (χ0v) is 13.5. The van der Waals surface area contributed by atoms with E-state index < -0.39 is 10.0 Å². The second kappa shape index (κ2) is 7.81. The van der Waals surface area contributed by atoms with Crippen molar-refractivity contribution in [2.45, 2.75) is 51.0 Å². The van der Waals surface area contributed by atoms with Crippen molar-refractivity contribution < 1.29 is 13.5 Å². The molecule has 0 saturated heterocycles. The first-order valence-corrected chi connectivity index (χ1v) is 8.67. The van der Waals surface area contributed by atoms with E-state index in [0.29, 0.717) is 18.8 Å². The average molecular weight is 302 g/mol. The van der Waals surface area contributed by atoms with E-state index in [1.807, 2.05) is 0 Å². The highest BCUT2D eigenvalue weighted by Gasteiger charge is 2.25. The zero-order valence-electron chi connectivity index (χ0n) is 12.7. The normalized spacial score (nSPS) is 12.2. The Morgan fingerprint density at radius 2 is 1.75 bits per heavy atom. The summed E-state index contributed by atoms with van der Waals surface area (Å²) in [7, 11) is -1.71. The molecule has 0 spiro atoms. The van der Waals surface area contributed by atoms with E-state index in [1.54, 1.807) is 28.2 Å². The molecule has 0 bridgehead atoms. The van der Waals surface area contributed by atoms with Gasteiger partial charge in [0.1, 0.15) is 4.90 Å². The Balaban J connectivity index is 3.00. The van der Waals surface area contributed by atoms with Crippen molar-refractivity contribution in [2.24, 2.45) is 7.05 Å². The molecule has 6 heteroatoms. The van der Waals surface area contributed by atoms with Crippen LogP contribution in [0.2, 0.25) is 0 Å². The number of rotatable bonds is 9. The van der Waals surface area contributed by atoms with Gasteiger partial charge in [0.15, 0.2) is 0 Å². The van der Waals surface area contributed by atoms with Gasteiger partial charge < -0.3 is 9.67 Å². The number of sulfonamides is 1.